The standard InChI is InChI=1S/C15H21NO4/c1-14(2)15(3,4)20-16(19-14)12-7-5-11(6-8-12)13-17-9-10-18-13/h5-8,13H,9-10H2,1-4H3. The number of nitrogens with zero attached hydrogens (tertiary/aromatic N) is 1. The topological polar surface area (TPSA) is 40.2 Å². The highest BCUT2D eigenvalue weighted by Gasteiger charge is 2.50. The van der Waals surface area contributed by atoms with E-state index in [1.54, 1.807) is 0 Å². The highest BCUT2D eigenvalue weighted by Crippen LogP contribution is 2.40. The molecule has 0 unspecified atom stereocenters. The Morgan fingerprint density at radius 3 is 1.90 bits per heavy atom. The van der Waals surface area contributed by atoms with Gasteiger partial charge in [-0.3, -0.25) is 0 Å². The molecule has 2 heterocycles. The summed E-state index contributed by atoms with van der Waals surface area (Å²) in [6.45, 7) is 9.35. The fourth-order valence-electron chi connectivity index (χ4n) is 2.06. The number of ether oxygens (including phenoxy) is 2. The molecule has 20 heavy (non-hydrogen) atoms. The molecule has 1 aromatic rings. The van der Waals surface area contributed by atoms with Crippen LogP contribution in [0.3, 0.4) is 0 Å². The number of rotatable bonds is 2. The van der Waals surface area contributed by atoms with Crippen molar-refractivity contribution >= 4 is 5.69 Å². The van der Waals surface area contributed by atoms with Crippen LogP contribution in [-0.2, 0) is 19.1 Å². The molecule has 0 aromatic heterocycles. The first-order chi connectivity index (χ1) is 9.39. The summed E-state index contributed by atoms with van der Waals surface area (Å²) in [6.07, 6.45) is -0.252. The minimum atomic E-state index is -0.386. The van der Waals surface area contributed by atoms with E-state index in [4.69, 9.17) is 19.1 Å². The van der Waals surface area contributed by atoms with Gasteiger partial charge >= 0.3 is 0 Å². The van der Waals surface area contributed by atoms with Crippen LogP contribution in [0, 0.1) is 0 Å². The van der Waals surface area contributed by atoms with Gasteiger partial charge in [0, 0.05) is 5.56 Å². The Labute approximate surface area is 119 Å². The summed E-state index contributed by atoms with van der Waals surface area (Å²) in [5, 5.41) is 1.49. The van der Waals surface area contributed by atoms with Crippen molar-refractivity contribution in [2.45, 2.75) is 45.2 Å². The Balaban J connectivity index is 1.75. The predicted molar refractivity (Wildman–Crippen MR) is 73.9 cm³/mol. The second kappa shape index (κ2) is 4.70. The summed E-state index contributed by atoms with van der Waals surface area (Å²) in [5.74, 6) is 0. The molecule has 1 aromatic carbocycles. The Hall–Kier alpha value is -1.14. The van der Waals surface area contributed by atoms with Gasteiger partial charge in [-0.05, 0) is 39.8 Å². The van der Waals surface area contributed by atoms with E-state index in [1.165, 1.54) is 5.23 Å². The average molecular weight is 279 g/mol. The third-order valence-electron chi connectivity index (χ3n) is 4.07. The predicted octanol–water partition coefficient (Wildman–Crippen LogP) is 2.97. The van der Waals surface area contributed by atoms with Gasteiger partial charge in [-0.2, -0.15) is 0 Å². The number of hydrogen-bond acceptors (Lipinski definition) is 5. The van der Waals surface area contributed by atoms with E-state index in [1.807, 2.05) is 52.0 Å². The zero-order valence-corrected chi connectivity index (χ0v) is 12.4. The largest absolute Gasteiger partial charge is 0.346 e. The highest BCUT2D eigenvalue weighted by atomic mass is 17.0. The maximum atomic E-state index is 5.86. The van der Waals surface area contributed by atoms with Crippen molar-refractivity contribution < 1.29 is 19.1 Å². The molecule has 0 amide bonds. The second-order valence-electron chi connectivity index (χ2n) is 6.13. The zero-order valence-electron chi connectivity index (χ0n) is 12.4. The van der Waals surface area contributed by atoms with Crippen LogP contribution in [0.15, 0.2) is 24.3 Å². The molecule has 3 rings (SSSR count). The van der Waals surface area contributed by atoms with Gasteiger partial charge in [-0.1, -0.05) is 12.1 Å². The van der Waals surface area contributed by atoms with Crippen LogP contribution < -0.4 is 5.23 Å². The Morgan fingerprint density at radius 2 is 1.40 bits per heavy atom. The van der Waals surface area contributed by atoms with Gasteiger partial charge < -0.3 is 9.47 Å². The molecule has 0 radical (unpaired) electrons. The number of anilines is 1. The maximum absolute atomic E-state index is 5.86. The molecular formula is C15H21NO4. The Bertz CT molecular complexity index is 461. The van der Waals surface area contributed by atoms with E-state index in [9.17, 15) is 0 Å². The van der Waals surface area contributed by atoms with Gasteiger partial charge in [-0.25, -0.2) is 9.68 Å². The van der Waals surface area contributed by atoms with Crippen molar-refractivity contribution in [3.63, 3.8) is 0 Å². The van der Waals surface area contributed by atoms with Crippen LogP contribution in [0.4, 0.5) is 5.69 Å². The lowest BCUT2D eigenvalue weighted by Gasteiger charge is -2.26. The van der Waals surface area contributed by atoms with E-state index in [0.717, 1.165) is 11.3 Å². The van der Waals surface area contributed by atoms with Gasteiger partial charge in [0.2, 0.25) is 0 Å². The summed E-state index contributed by atoms with van der Waals surface area (Å²) < 4.78 is 10.9. The van der Waals surface area contributed by atoms with Crippen molar-refractivity contribution in [3.8, 4) is 0 Å². The fourth-order valence-corrected chi connectivity index (χ4v) is 2.06. The summed E-state index contributed by atoms with van der Waals surface area (Å²) in [7, 11) is 0. The third kappa shape index (κ3) is 2.31. The molecular weight excluding hydrogens is 258 g/mol. The van der Waals surface area contributed by atoms with E-state index >= 15 is 0 Å². The highest BCUT2D eigenvalue weighted by molar-refractivity contribution is 5.44. The van der Waals surface area contributed by atoms with Crippen LogP contribution in [0.25, 0.3) is 0 Å². The monoisotopic (exact) mass is 279 g/mol. The molecule has 0 aliphatic carbocycles. The van der Waals surface area contributed by atoms with Crippen LogP contribution >= 0.6 is 0 Å². The van der Waals surface area contributed by atoms with E-state index in [-0.39, 0.29) is 17.5 Å². The third-order valence-corrected chi connectivity index (χ3v) is 4.07. The van der Waals surface area contributed by atoms with Crippen molar-refractivity contribution in [3.05, 3.63) is 29.8 Å². The van der Waals surface area contributed by atoms with Crippen LogP contribution in [0.2, 0.25) is 0 Å². The van der Waals surface area contributed by atoms with E-state index in [0.29, 0.717) is 13.2 Å². The van der Waals surface area contributed by atoms with Crippen molar-refractivity contribution in [1.82, 2.24) is 0 Å². The molecule has 110 valence electrons. The lowest BCUT2D eigenvalue weighted by molar-refractivity contribution is -0.0444. The molecule has 0 bridgehead atoms. The Kier molecular flexibility index (Phi) is 3.25. The average Bonchev–Trinajstić information content (AvgIpc) is 2.97. The summed E-state index contributed by atoms with van der Waals surface area (Å²) >= 11 is 0. The zero-order chi connectivity index (χ0) is 14.4. The molecule has 0 atom stereocenters. The summed E-state index contributed by atoms with van der Waals surface area (Å²) in [6, 6.07) is 7.82. The van der Waals surface area contributed by atoms with Crippen molar-refractivity contribution in [1.29, 1.82) is 0 Å². The van der Waals surface area contributed by atoms with Gasteiger partial charge in [0.15, 0.2) is 6.29 Å². The quantitative estimate of drug-likeness (QED) is 0.832. The van der Waals surface area contributed by atoms with Crippen LogP contribution in [0.1, 0.15) is 39.5 Å². The molecule has 2 aliphatic rings. The van der Waals surface area contributed by atoms with Gasteiger partial charge in [0.05, 0.1) is 18.9 Å². The molecule has 0 saturated carbocycles. The van der Waals surface area contributed by atoms with E-state index < -0.39 is 0 Å². The summed E-state index contributed by atoms with van der Waals surface area (Å²) in [4.78, 5) is 11.7. The van der Waals surface area contributed by atoms with Gasteiger partial charge in [-0.15, -0.1) is 5.23 Å². The lowest BCUT2D eigenvalue weighted by atomic mass is 9.90. The second-order valence-corrected chi connectivity index (χ2v) is 6.13. The maximum Gasteiger partial charge on any atom is 0.184 e. The van der Waals surface area contributed by atoms with Crippen LogP contribution in [-0.4, -0.2) is 24.4 Å². The number of benzene rings is 1. The number of hydrogen-bond donors (Lipinski definition) is 0. The normalized spacial score (nSPS) is 25.3. The summed E-state index contributed by atoms with van der Waals surface area (Å²) in [5.41, 5.74) is 1.08. The smallest absolute Gasteiger partial charge is 0.184 e. The van der Waals surface area contributed by atoms with Gasteiger partial charge in [0.1, 0.15) is 11.2 Å². The van der Waals surface area contributed by atoms with Crippen LogP contribution in [0.5, 0.6) is 0 Å². The lowest BCUT2D eigenvalue weighted by Crippen LogP contribution is -2.41. The SMILES string of the molecule is CC1(C)ON(c2ccc(C3OCCO3)cc2)OC1(C)C. The van der Waals surface area contributed by atoms with Crippen molar-refractivity contribution in [2.75, 3.05) is 18.4 Å². The van der Waals surface area contributed by atoms with E-state index in [2.05, 4.69) is 0 Å². The van der Waals surface area contributed by atoms with Crippen molar-refractivity contribution in [2.24, 2.45) is 0 Å². The minimum Gasteiger partial charge on any atom is -0.346 e. The molecule has 2 fully saturated rings. The minimum absolute atomic E-state index is 0.252. The first-order valence-electron chi connectivity index (χ1n) is 6.91. The first-order valence-corrected chi connectivity index (χ1v) is 6.91. The molecule has 2 saturated heterocycles. The Morgan fingerprint density at radius 1 is 0.900 bits per heavy atom. The van der Waals surface area contributed by atoms with Gasteiger partial charge in [0.25, 0.3) is 0 Å². The molecule has 0 spiro atoms. The molecule has 5 nitrogen and oxygen atoms in total. The molecule has 2 aliphatic heterocycles. The molecule has 5 heteroatoms. The molecule has 0 N–H and O–H groups in total. The first kappa shape index (κ1) is 13.8. The fraction of sp³-hybridized carbons (Fsp3) is 0.600.